The molecule has 4 atom stereocenters. The van der Waals surface area contributed by atoms with Crippen LogP contribution in [-0.4, -0.2) is 183 Å². The molecule has 0 aromatic carbocycles. The summed E-state index contributed by atoms with van der Waals surface area (Å²) < 4.78 is 21.2. The lowest BCUT2D eigenvalue weighted by Crippen LogP contribution is -2.43. The number of unbranched alkanes of at least 4 members (excludes halogenated alkanes) is 12. The number of aliphatic hydroxyl groups excluding tert-OH is 1. The summed E-state index contributed by atoms with van der Waals surface area (Å²) in [7, 11) is 1.61. The molecule has 0 radical (unpaired) electrons. The third-order valence-electron chi connectivity index (χ3n) is 12.6. The lowest BCUT2D eigenvalue weighted by molar-refractivity contribution is -0.145. The second-order valence-corrected chi connectivity index (χ2v) is 19.4. The topological polar surface area (TPSA) is 366 Å². The Morgan fingerprint density at radius 3 is 1.31 bits per heavy atom. The average molecular weight is 1120 g/mol. The SMILES string of the molecule is CN[C@@H](CCCCNC(=O)CC[C@H](CC(=O)CC[C@H](NC(=O)COCCOCCNC(=O)COCCOCCNC(=O)CC[C@H](CC(=O)CCCCCCCCCCCCCCC(C)=O)C(=O)O)C(=O)O)C(=O)O)C(=O)CO. The molecule has 0 rings (SSSR count). The monoisotopic (exact) mass is 1120 g/mol. The zero-order chi connectivity index (χ0) is 58.2. The maximum atomic E-state index is 12.6. The average Bonchev–Trinajstić information content (AvgIpc) is 3.39. The summed E-state index contributed by atoms with van der Waals surface area (Å²) in [5, 5.41) is 50.7. The van der Waals surface area contributed by atoms with E-state index in [9.17, 15) is 68.1 Å². The van der Waals surface area contributed by atoms with Crippen LogP contribution in [0.5, 0.6) is 0 Å². The molecule has 0 aliphatic carbocycles. The molecule has 0 aliphatic heterocycles. The van der Waals surface area contributed by atoms with Gasteiger partial charge >= 0.3 is 17.9 Å². The van der Waals surface area contributed by atoms with Gasteiger partial charge in [0, 0.05) is 64.6 Å². The second kappa shape index (κ2) is 48.8. The first kappa shape index (κ1) is 72.7. The molecule has 0 spiro atoms. The number of ketones is 4. The molecule has 0 saturated heterocycles. The molecule has 0 aromatic heterocycles. The number of rotatable bonds is 56. The number of hydrogen-bond acceptors (Lipinski definition) is 17. The smallest absolute Gasteiger partial charge is 0.326 e. The molecular formula is C54H93N5O19. The van der Waals surface area contributed by atoms with Crippen LogP contribution in [0.25, 0.3) is 0 Å². The van der Waals surface area contributed by atoms with Crippen LogP contribution < -0.4 is 26.6 Å². The van der Waals surface area contributed by atoms with Gasteiger partial charge in [0.15, 0.2) is 5.78 Å². The van der Waals surface area contributed by atoms with Gasteiger partial charge in [-0.15, -0.1) is 0 Å². The predicted molar refractivity (Wildman–Crippen MR) is 285 cm³/mol. The molecule has 0 aliphatic rings. The number of amides is 4. The maximum absolute atomic E-state index is 12.6. The molecule has 0 aromatic rings. The summed E-state index contributed by atoms with van der Waals surface area (Å²) >= 11 is 0. The second-order valence-electron chi connectivity index (χ2n) is 19.4. The number of aliphatic carboxylic acids is 3. The normalized spacial score (nSPS) is 12.7. The van der Waals surface area contributed by atoms with Gasteiger partial charge < -0.3 is 70.8 Å². The lowest BCUT2D eigenvalue weighted by Gasteiger charge is -2.16. The first-order valence-corrected chi connectivity index (χ1v) is 27.8. The third kappa shape index (κ3) is 43.7. The fourth-order valence-corrected chi connectivity index (χ4v) is 8.05. The van der Waals surface area contributed by atoms with E-state index < -0.39 is 85.0 Å². The van der Waals surface area contributed by atoms with E-state index in [0.717, 1.165) is 38.5 Å². The Morgan fingerprint density at radius 2 is 0.846 bits per heavy atom. The summed E-state index contributed by atoms with van der Waals surface area (Å²) in [5.74, 6) is -8.55. The number of carboxylic acids is 3. The highest BCUT2D eigenvalue weighted by Crippen LogP contribution is 2.18. The van der Waals surface area contributed by atoms with Crippen LogP contribution in [0.3, 0.4) is 0 Å². The van der Waals surface area contributed by atoms with Gasteiger partial charge in [-0.05, 0) is 65.3 Å². The Balaban J connectivity index is 4.00. The van der Waals surface area contributed by atoms with Gasteiger partial charge in [0.1, 0.15) is 43.2 Å². The van der Waals surface area contributed by atoms with Crippen molar-refractivity contribution < 1.29 is 92.1 Å². The molecule has 448 valence electrons. The van der Waals surface area contributed by atoms with Crippen LogP contribution in [0.1, 0.15) is 167 Å². The van der Waals surface area contributed by atoms with Gasteiger partial charge in [0.25, 0.3) is 0 Å². The highest BCUT2D eigenvalue weighted by Gasteiger charge is 2.26. The Bertz CT molecular complexity index is 1770. The molecule has 9 N–H and O–H groups in total. The van der Waals surface area contributed by atoms with Crippen LogP contribution in [-0.2, 0) is 71.7 Å². The lowest BCUT2D eigenvalue weighted by atomic mass is 9.94. The number of likely N-dealkylation sites (N-methyl/N-ethyl adjacent to an activating group) is 1. The number of hydrogen-bond donors (Lipinski definition) is 9. The Labute approximate surface area is 459 Å². The largest absolute Gasteiger partial charge is 0.481 e. The zero-order valence-corrected chi connectivity index (χ0v) is 46.4. The summed E-state index contributed by atoms with van der Waals surface area (Å²) in [6, 6.07) is -1.93. The van der Waals surface area contributed by atoms with E-state index in [1.165, 1.54) is 38.5 Å². The van der Waals surface area contributed by atoms with E-state index >= 15 is 0 Å². The standard InChI is InChI=1S/C54H93N5O19/c1-40(61)17-13-11-9-7-5-3-4-6-8-10-12-14-18-43(62)35-41(52(69)70)21-25-49(66)57-27-29-75-31-33-77-38-50(67)58-28-30-76-32-34-78-39-51(68)59-46(54(73)74)23-22-44(63)36-42(53(71)72)20-24-48(65)56-26-16-15-19-45(55-2)47(64)37-60/h41-42,45-46,55,60H,3-39H2,1-2H3,(H,56,65)(H,57,66)(H,58,67)(H,59,68)(H,69,70)(H,71,72)(H,73,74)/t41-,42-,45+,46+/m1/s1. The summed E-state index contributed by atoms with van der Waals surface area (Å²) in [5.41, 5.74) is 0. The number of carbonyl (C=O) groups excluding carboxylic acids is 8. The van der Waals surface area contributed by atoms with Crippen LogP contribution in [0.4, 0.5) is 0 Å². The van der Waals surface area contributed by atoms with E-state index in [0.29, 0.717) is 38.6 Å². The predicted octanol–water partition coefficient (Wildman–Crippen LogP) is 3.00. The number of aliphatic hydroxyl groups is 1. The van der Waals surface area contributed by atoms with Gasteiger partial charge in [-0.25, -0.2) is 4.79 Å². The first-order chi connectivity index (χ1) is 37.4. The molecule has 0 saturated carbocycles. The molecule has 0 bridgehead atoms. The highest BCUT2D eigenvalue weighted by molar-refractivity contribution is 5.87. The molecular weight excluding hydrogens is 1020 g/mol. The number of ether oxygens (including phenoxy) is 4. The number of nitrogens with one attached hydrogen (secondary N) is 5. The Kier molecular flexibility index (Phi) is 45.5. The molecule has 0 fully saturated rings. The van der Waals surface area contributed by atoms with Gasteiger partial charge in [-0.1, -0.05) is 64.2 Å². The molecule has 4 amide bonds. The van der Waals surface area contributed by atoms with Gasteiger partial charge in [0.2, 0.25) is 23.6 Å². The summed E-state index contributed by atoms with van der Waals surface area (Å²) in [6.07, 6.45) is 14.4. The van der Waals surface area contributed by atoms with Crippen molar-refractivity contribution in [3.8, 4) is 0 Å². The summed E-state index contributed by atoms with van der Waals surface area (Å²) in [4.78, 5) is 132. The van der Waals surface area contributed by atoms with Crippen LogP contribution in [0.15, 0.2) is 0 Å². The number of Topliss-reactive ketones (excluding diaryl/α,β-unsaturated/α-hetero) is 4. The first-order valence-electron chi connectivity index (χ1n) is 27.8. The quantitative estimate of drug-likeness (QED) is 0.0395. The minimum atomic E-state index is -1.45. The zero-order valence-electron chi connectivity index (χ0n) is 46.4. The molecule has 24 heteroatoms. The van der Waals surface area contributed by atoms with E-state index in [-0.39, 0.29) is 128 Å². The Morgan fingerprint density at radius 1 is 0.410 bits per heavy atom. The van der Waals surface area contributed by atoms with Gasteiger partial charge in [0.05, 0.1) is 57.5 Å². The van der Waals surface area contributed by atoms with Gasteiger partial charge in [-0.3, -0.25) is 43.2 Å². The molecule has 24 nitrogen and oxygen atoms in total. The van der Waals surface area contributed by atoms with Crippen molar-refractivity contribution in [2.45, 2.75) is 180 Å². The van der Waals surface area contributed by atoms with Gasteiger partial charge in [-0.2, -0.15) is 0 Å². The van der Waals surface area contributed by atoms with Crippen molar-refractivity contribution in [1.82, 2.24) is 26.6 Å². The fourth-order valence-electron chi connectivity index (χ4n) is 8.05. The minimum absolute atomic E-state index is 0.0352. The van der Waals surface area contributed by atoms with E-state index in [4.69, 9.17) is 24.1 Å². The summed E-state index contributed by atoms with van der Waals surface area (Å²) in [6.45, 7) is 1.48. The van der Waals surface area contributed by atoms with E-state index in [1.54, 1.807) is 14.0 Å². The molecule has 78 heavy (non-hydrogen) atoms. The van der Waals surface area contributed by atoms with Crippen molar-refractivity contribution in [1.29, 1.82) is 0 Å². The number of carboxylic acid groups (broad SMARTS) is 3. The third-order valence-corrected chi connectivity index (χ3v) is 12.6. The van der Waals surface area contributed by atoms with E-state index in [2.05, 4.69) is 26.6 Å². The van der Waals surface area contributed by atoms with Crippen LogP contribution >= 0.6 is 0 Å². The Hall–Kier alpha value is -5.27. The highest BCUT2D eigenvalue weighted by atomic mass is 16.5. The van der Waals surface area contributed by atoms with Crippen LogP contribution in [0.2, 0.25) is 0 Å². The van der Waals surface area contributed by atoms with Crippen molar-refractivity contribution in [2.24, 2.45) is 11.8 Å². The van der Waals surface area contributed by atoms with Crippen molar-refractivity contribution in [3.63, 3.8) is 0 Å². The van der Waals surface area contributed by atoms with Crippen molar-refractivity contribution in [2.75, 3.05) is 86.1 Å². The minimum Gasteiger partial charge on any atom is -0.481 e. The van der Waals surface area contributed by atoms with E-state index in [1.807, 2.05) is 0 Å². The van der Waals surface area contributed by atoms with Crippen molar-refractivity contribution >= 4 is 64.7 Å². The number of carbonyl (C=O) groups is 11. The molecule has 0 heterocycles. The fraction of sp³-hybridized carbons (Fsp3) is 0.796. The maximum Gasteiger partial charge on any atom is 0.326 e. The van der Waals surface area contributed by atoms with Crippen LogP contribution in [0, 0.1) is 11.8 Å². The van der Waals surface area contributed by atoms with Crippen molar-refractivity contribution in [3.05, 3.63) is 0 Å². The molecule has 0 unspecified atom stereocenters.